The van der Waals surface area contributed by atoms with Gasteiger partial charge in [0.15, 0.2) is 0 Å². The molecule has 0 saturated carbocycles. The smallest absolute Gasteiger partial charge is 0.416 e. The highest BCUT2D eigenvalue weighted by Crippen LogP contribution is 2.40. The normalized spacial score (nSPS) is 12.3. The van der Waals surface area contributed by atoms with Gasteiger partial charge in [0.2, 0.25) is 0 Å². The van der Waals surface area contributed by atoms with Crippen molar-refractivity contribution in [3.8, 4) is 22.6 Å². The molecule has 192 valence electrons. The Labute approximate surface area is 213 Å². The zero-order valence-corrected chi connectivity index (χ0v) is 20.8. The molecule has 4 nitrogen and oxygen atoms in total. The minimum Gasteiger partial charge on any atom is -0.493 e. The fourth-order valence-electron chi connectivity index (χ4n) is 3.82. The van der Waals surface area contributed by atoms with Crippen LogP contribution < -0.4 is 9.47 Å². The molecule has 1 N–H and O–H groups in total. The molecule has 0 spiro atoms. The Morgan fingerprint density at radius 3 is 2.44 bits per heavy atom. The number of halogens is 4. The second-order valence-electron chi connectivity index (χ2n) is 8.43. The number of aliphatic carboxylic acids is 1. The zero-order valence-electron chi connectivity index (χ0n) is 20.1. The molecule has 0 aliphatic rings. The third kappa shape index (κ3) is 7.40. The van der Waals surface area contributed by atoms with Gasteiger partial charge in [0, 0.05) is 29.0 Å². The lowest BCUT2D eigenvalue weighted by molar-refractivity contribution is -0.138. The Hall–Kier alpha value is -3.19. The topological polar surface area (TPSA) is 55.8 Å². The summed E-state index contributed by atoms with van der Waals surface area (Å²) in [4.78, 5) is 10.9. The maximum absolute atomic E-state index is 13.3. The molecule has 1 unspecified atom stereocenters. The maximum Gasteiger partial charge on any atom is 0.416 e. The van der Waals surface area contributed by atoms with Crippen molar-refractivity contribution >= 4 is 17.6 Å². The Morgan fingerprint density at radius 2 is 1.78 bits per heavy atom. The van der Waals surface area contributed by atoms with E-state index in [2.05, 4.69) is 0 Å². The minimum absolute atomic E-state index is 0.0716. The van der Waals surface area contributed by atoms with Gasteiger partial charge in [-0.2, -0.15) is 13.2 Å². The molecule has 0 aromatic heterocycles. The molecule has 0 aliphatic carbocycles. The highest BCUT2D eigenvalue weighted by Gasteiger charge is 2.31. The van der Waals surface area contributed by atoms with Crippen LogP contribution in [0.5, 0.6) is 11.5 Å². The first-order valence-corrected chi connectivity index (χ1v) is 12.1. The number of carboxylic acids is 1. The molecule has 1 atom stereocenters. The van der Waals surface area contributed by atoms with Gasteiger partial charge in [0.05, 0.1) is 18.3 Å². The van der Waals surface area contributed by atoms with Crippen molar-refractivity contribution in [3.63, 3.8) is 0 Å². The first-order valence-electron chi connectivity index (χ1n) is 11.7. The van der Waals surface area contributed by atoms with Crippen molar-refractivity contribution in [1.82, 2.24) is 0 Å². The van der Waals surface area contributed by atoms with Crippen molar-refractivity contribution in [2.75, 3.05) is 6.61 Å². The van der Waals surface area contributed by atoms with Crippen molar-refractivity contribution < 1.29 is 32.5 Å². The fourth-order valence-corrected chi connectivity index (χ4v) is 4.06. The molecule has 0 bridgehead atoms. The molecule has 0 aliphatic heterocycles. The summed E-state index contributed by atoms with van der Waals surface area (Å²) < 4.78 is 51.9. The van der Waals surface area contributed by atoms with Crippen LogP contribution >= 0.6 is 11.6 Å². The molecular formula is C28H28ClF3O4. The summed E-state index contributed by atoms with van der Waals surface area (Å²) in [6.45, 7) is 4.16. The molecule has 3 aromatic rings. The average molecular weight is 521 g/mol. The number of benzene rings is 3. The summed E-state index contributed by atoms with van der Waals surface area (Å²) >= 11 is 6.27. The Balaban J connectivity index is 1.68. The van der Waals surface area contributed by atoms with Crippen molar-refractivity contribution in [1.29, 1.82) is 0 Å². The molecule has 8 heteroatoms. The molecule has 0 amide bonds. The summed E-state index contributed by atoms with van der Waals surface area (Å²) in [5.41, 5.74) is 1.97. The van der Waals surface area contributed by atoms with E-state index in [1.54, 1.807) is 24.3 Å². The lowest BCUT2D eigenvalue weighted by Crippen LogP contribution is -2.16. The third-order valence-electron chi connectivity index (χ3n) is 5.76. The van der Waals surface area contributed by atoms with E-state index in [9.17, 15) is 18.0 Å². The molecular weight excluding hydrogens is 493 g/mol. The summed E-state index contributed by atoms with van der Waals surface area (Å²) in [7, 11) is 0. The van der Waals surface area contributed by atoms with E-state index in [-0.39, 0.29) is 18.1 Å². The van der Waals surface area contributed by atoms with E-state index in [1.807, 2.05) is 32.0 Å². The number of hydrogen-bond donors (Lipinski definition) is 1. The van der Waals surface area contributed by atoms with E-state index in [0.29, 0.717) is 41.5 Å². The van der Waals surface area contributed by atoms with Crippen molar-refractivity contribution in [2.24, 2.45) is 0 Å². The van der Waals surface area contributed by atoms with Crippen LogP contribution in [0.1, 0.15) is 43.4 Å². The molecule has 0 radical (unpaired) electrons. The standard InChI is InChI=1S/C28H28ClF3O4/c1-3-19-16-22(11-8-20(19)9-13-27(33)34)35-15-14-18(2)36-26-12-10-21(28(30,31)32)17-24(26)23-6-4-5-7-25(23)29/h4-8,10-12,16-18H,3,9,13-15H2,1-2H3,(H,33,34). The van der Waals surface area contributed by atoms with Crippen LogP contribution in [-0.4, -0.2) is 23.8 Å². The third-order valence-corrected chi connectivity index (χ3v) is 6.09. The summed E-state index contributed by atoms with van der Waals surface area (Å²) in [5, 5.41) is 9.25. The quantitative estimate of drug-likeness (QED) is 0.280. The number of ether oxygens (including phenoxy) is 2. The second-order valence-corrected chi connectivity index (χ2v) is 8.84. The van der Waals surface area contributed by atoms with E-state index in [1.165, 1.54) is 6.07 Å². The van der Waals surface area contributed by atoms with E-state index < -0.39 is 17.7 Å². The summed E-state index contributed by atoms with van der Waals surface area (Å²) in [5.74, 6) is 0.140. The molecule has 3 rings (SSSR count). The number of rotatable bonds is 11. The number of hydrogen-bond acceptors (Lipinski definition) is 3. The fraction of sp³-hybridized carbons (Fsp3) is 0.321. The van der Waals surface area contributed by atoms with Crippen LogP contribution in [0.4, 0.5) is 13.2 Å². The molecule has 36 heavy (non-hydrogen) atoms. The van der Waals surface area contributed by atoms with Crippen LogP contribution in [0.3, 0.4) is 0 Å². The highest BCUT2D eigenvalue weighted by atomic mass is 35.5. The maximum atomic E-state index is 13.3. The summed E-state index contributed by atoms with van der Waals surface area (Å²) in [6.07, 6.45) is -3.06. The molecule has 0 fully saturated rings. The van der Waals surface area contributed by atoms with Gasteiger partial charge in [-0.05, 0) is 67.3 Å². The van der Waals surface area contributed by atoms with Crippen LogP contribution in [0.25, 0.3) is 11.1 Å². The number of aryl methyl sites for hydroxylation is 2. The molecule has 0 heterocycles. The van der Waals surface area contributed by atoms with Gasteiger partial charge in [-0.1, -0.05) is 42.8 Å². The summed E-state index contributed by atoms with van der Waals surface area (Å²) in [6, 6.07) is 15.7. The predicted molar refractivity (Wildman–Crippen MR) is 134 cm³/mol. The first-order chi connectivity index (χ1) is 17.1. The van der Waals surface area contributed by atoms with Gasteiger partial charge in [0.1, 0.15) is 11.5 Å². The molecule has 0 saturated heterocycles. The number of carbonyl (C=O) groups is 1. The number of alkyl halides is 3. The zero-order chi connectivity index (χ0) is 26.3. The van der Waals surface area contributed by atoms with E-state index >= 15 is 0 Å². The lowest BCUT2D eigenvalue weighted by atomic mass is 10.0. The van der Waals surface area contributed by atoms with Gasteiger partial charge >= 0.3 is 12.1 Å². The van der Waals surface area contributed by atoms with Gasteiger partial charge < -0.3 is 14.6 Å². The highest BCUT2D eigenvalue weighted by molar-refractivity contribution is 6.33. The Bertz CT molecular complexity index is 1190. The minimum atomic E-state index is -4.49. The van der Waals surface area contributed by atoms with Gasteiger partial charge in [-0.3, -0.25) is 4.79 Å². The SMILES string of the molecule is CCc1cc(OCCC(C)Oc2ccc(C(F)(F)F)cc2-c2ccccc2Cl)ccc1CCC(=O)O. The average Bonchev–Trinajstić information content (AvgIpc) is 2.83. The van der Waals surface area contributed by atoms with Crippen LogP contribution in [0.2, 0.25) is 5.02 Å². The van der Waals surface area contributed by atoms with Crippen LogP contribution in [0, 0.1) is 0 Å². The van der Waals surface area contributed by atoms with E-state index in [4.69, 9.17) is 26.2 Å². The van der Waals surface area contributed by atoms with Crippen molar-refractivity contribution in [3.05, 3.63) is 82.4 Å². The number of carboxylic acid groups (broad SMARTS) is 1. The lowest BCUT2D eigenvalue weighted by Gasteiger charge is -2.20. The van der Waals surface area contributed by atoms with Gasteiger partial charge in [0.25, 0.3) is 0 Å². The predicted octanol–water partition coefficient (Wildman–Crippen LogP) is 7.84. The van der Waals surface area contributed by atoms with Crippen LogP contribution in [0.15, 0.2) is 60.7 Å². The second kappa shape index (κ2) is 12.2. The van der Waals surface area contributed by atoms with E-state index in [0.717, 1.165) is 29.7 Å². The molecule has 3 aromatic carbocycles. The Kier molecular flexibility index (Phi) is 9.26. The first kappa shape index (κ1) is 27.4. The van der Waals surface area contributed by atoms with Crippen LogP contribution in [-0.2, 0) is 23.8 Å². The van der Waals surface area contributed by atoms with Gasteiger partial charge in [-0.25, -0.2) is 0 Å². The monoisotopic (exact) mass is 520 g/mol. The largest absolute Gasteiger partial charge is 0.493 e. The van der Waals surface area contributed by atoms with Gasteiger partial charge in [-0.15, -0.1) is 0 Å². The Morgan fingerprint density at radius 1 is 1.03 bits per heavy atom. The van der Waals surface area contributed by atoms with Crippen molar-refractivity contribution in [2.45, 2.75) is 51.8 Å².